The molecule has 1 aromatic heterocycles. The number of nitrogens with one attached hydrogen (secondary N) is 3. The number of rotatable bonds is 7. The zero-order chi connectivity index (χ0) is 22.7. The molecule has 2 aliphatic carbocycles. The van der Waals surface area contributed by atoms with E-state index in [2.05, 4.69) is 33.9 Å². The summed E-state index contributed by atoms with van der Waals surface area (Å²) in [5.74, 6) is 1.18. The van der Waals surface area contributed by atoms with Gasteiger partial charge in [0, 0.05) is 24.7 Å². The molecule has 2 fully saturated rings. The quantitative estimate of drug-likeness (QED) is 0.458. The number of H-pyrrole nitrogens is 1. The second-order valence-corrected chi connectivity index (χ2v) is 8.61. The number of hydrogen-bond acceptors (Lipinski definition) is 5. The molecular formula is C23H33N5O3. The predicted molar refractivity (Wildman–Crippen MR) is 120 cm³/mol. The Balaban J connectivity index is 1.83. The van der Waals surface area contributed by atoms with Gasteiger partial charge in [-0.25, -0.2) is 20.2 Å². The van der Waals surface area contributed by atoms with E-state index in [0.717, 1.165) is 42.1 Å². The summed E-state index contributed by atoms with van der Waals surface area (Å²) >= 11 is 0. The fraction of sp³-hybridized carbons (Fsp3) is 0.522. The van der Waals surface area contributed by atoms with Crippen LogP contribution in [0.3, 0.4) is 0 Å². The van der Waals surface area contributed by atoms with E-state index in [1.54, 1.807) is 6.20 Å². The number of allylic oxidation sites excluding steroid dienone is 3. The van der Waals surface area contributed by atoms with Crippen LogP contribution >= 0.6 is 0 Å². The van der Waals surface area contributed by atoms with Crippen LogP contribution < -0.4 is 10.7 Å². The van der Waals surface area contributed by atoms with Crippen LogP contribution in [-0.4, -0.2) is 47.2 Å². The van der Waals surface area contributed by atoms with E-state index in [1.807, 2.05) is 33.0 Å². The number of hydrazine groups is 1. The number of amides is 2. The van der Waals surface area contributed by atoms with Crippen molar-refractivity contribution in [1.29, 1.82) is 0 Å². The fourth-order valence-electron chi connectivity index (χ4n) is 4.83. The molecule has 0 aromatic carbocycles. The van der Waals surface area contributed by atoms with E-state index >= 15 is 0 Å². The minimum absolute atomic E-state index is 0.00949. The molecule has 0 spiro atoms. The summed E-state index contributed by atoms with van der Waals surface area (Å²) in [7, 11) is 3.10. The van der Waals surface area contributed by atoms with Gasteiger partial charge in [-0.05, 0) is 56.6 Å². The SMILES string of the molecule is C=C(/C=C\C(=C)c1cnc(C2C3CCC(C3)C2C(=O)N(NC(=O)OC)C(C)C)[nH]1)NC. The highest BCUT2D eigenvalue weighted by Crippen LogP contribution is 2.56. The number of carbonyl (C=O) groups excluding carboxylic acids is 2. The van der Waals surface area contributed by atoms with E-state index in [-0.39, 0.29) is 23.8 Å². The monoisotopic (exact) mass is 427 g/mol. The number of fused-ring (bicyclic) bond motifs is 2. The van der Waals surface area contributed by atoms with Crippen LogP contribution in [0.15, 0.2) is 37.2 Å². The number of nitrogens with zero attached hydrogens (tertiary/aromatic N) is 2. The first kappa shape index (κ1) is 22.7. The van der Waals surface area contributed by atoms with Crippen molar-refractivity contribution >= 4 is 17.6 Å². The third-order valence-corrected chi connectivity index (χ3v) is 6.42. The highest BCUT2D eigenvalue weighted by Gasteiger charge is 2.53. The number of methoxy groups -OCH3 is 1. The average molecular weight is 428 g/mol. The molecule has 4 unspecified atom stereocenters. The van der Waals surface area contributed by atoms with Gasteiger partial charge in [-0.15, -0.1) is 0 Å². The fourth-order valence-corrected chi connectivity index (χ4v) is 4.83. The standard InChI is InChI=1S/C23H33N5O3/c1-13(2)28(27-23(30)31-6)22(29)20-17-10-9-16(11-17)19(20)21-25-12-18(26-21)14(3)7-8-15(4)24-5/h7-8,12-13,16-17,19-20,24H,3-4,9-11H2,1-2,5-6H3,(H,25,26)(H,27,30)/b8-7-. The molecular weight excluding hydrogens is 394 g/mol. The first-order valence-electron chi connectivity index (χ1n) is 10.7. The summed E-state index contributed by atoms with van der Waals surface area (Å²) in [4.78, 5) is 33.3. The molecule has 31 heavy (non-hydrogen) atoms. The molecule has 0 saturated heterocycles. The maximum Gasteiger partial charge on any atom is 0.425 e. The van der Waals surface area contributed by atoms with E-state index in [4.69, 9.17) is 4.74 Å². The lowest BCUT2D eigenvalue weighted by Gasteiger charge is -2.35. The number of likely N-dealkylation sites (N-methyl/N-ethyl adjacent to an activating group) is 1. The zero-order valence-electron chi connectivity index (χ0n) is 18.8. The Morgan fingerprint density at radius 1 is 1.29 bits per heavy atom. The number of ether oxygens (including phenoxy) is 1. The lowest BCUT2D eigenvalue weighted by Crippen LogP contribution is -2.53. The topological polar surface area (TPSA) is 99.3 Å². The highest BCUT2D eigenvalue weighted by molar-refractivity contribution is 5.83. The lowest BCUT2D eigenvalue weighted by atomic mass is 9.78. The maximum absolute atomic E-state index is 13.5. The predicted octanol–water partition coefficient (Wildman–Crippen LogP) is 3.35. The number of aromatic nitrogens is 2. The lowest BCUT2D eigenvalue weighted by molar-refractivity contribution is -0.143. The van der Waals surface area contributed by atoms with E-state index < -0.39 is 6.09 Å². The molecule has 4 atom stereocenters. The van der Waals surface area contributed by atoms with Gasteiger partial charge < -0.3 is 15.0 Å². The molecule has 3 N–H and O–H groups in total. The van der Waals surface area contributed by atoms with Crippen LogP contribution in [0.2, 0.25) is 0 Å². The first-order chi connectivity index (χ1) is 14.8. The van der Waals surface area contributed by atoms with Crippen molar-refractivity contribution < 1.29 is 14.3 Å². The van der Waals surface area contributed by atoms with Crippen LogP contribution in [0.25, 0.3) is 5.57 Å². The number of imidazole rings is 1. The number of hydrogen-bond donors (Lipinski definition) is 3. The molecule has 1 aromatic rings. The van der Waals surface area contributed by atoms with Gasteiger partial charge in [0.05, 0.1) is 24.9 Å². The summed E-state index contributed by atoms with van der Waals surface area (Å²) < 4.78 is 4.71. The third kappa shape index (κ3) is 4.68. The molecule has 0 aliphatic heterocycles. The molecule has 3 rings (SSSR count). The van der Waals surface area contributed by atoms with Crippen molar-refractivity contribution in [3.8, 4) is 0 Å². The van der Waals surface area contributed by atoms with Gasteiger partial charge in [0.15, 0.2) is 0 Å². The molecule has 2 aliphatic rings. The van der Waals surface area contributed by atoms with E-state index in [0.29, 0.717) is 11.8 Å². The van der Waals surface area contributed by atoms with Gasteiger partial charge in [-0.2, -0.15) is 0 Å². The second-order valence-electron chi connectivity index (χ2n) is 8.61. The van der Waals surface area contributed by atoms with Crippen molar-refractivity contribution in [1.82, 2.24) is 25.7 Å². The van der Waals surface area contributed by atoms with Crippen LogP contribution in [0, 0.1) is 17.8 Å². The number of aromatic amines is 1. The van der Waals surface area contributed by atoms with Crippen LogP contribution in [0.4, 0.5) is 4.79 Å². The van der Waals surface area contributed by atoms with Gasteiger partial charge in [-0.3, -0.25) is 4.79 Å². The van der Waals surface area contributed by atoms with Crippen molar-refractivity contribution in [3.05, 3.63) is 48.7 Å². The molecule has 2 amide bonds. The van der Waals surface area contributed by atoms with Crippen molar-refractivity contribution in [2.24, 2.45) is 17.8 Å². The molecule has 0 radical (unpaired) electrons. The summed E-state index contributed by atoms with van der Waals surface area (Å²) in [6, 6.07) is -0.191. The minimum atomic E-state index is -0.645. The van der Waals surface area contributed by atoms with Crippen molar-refractivity contribution in [2.45, 2.75) is 45.1 Å². The first-order valence-corrected chi connectivity index (χ1v) is 10.7. The van der Waals surface area contributed by atoms with Crippen LogP contribution in [-0.2, 0) is 9.53 Å². The minimum Gasteiger partial charge on any atom is -0.452 e. The molecule has 168 valence electrons. The molecule has 8 nitrogen and oxygen atoms in total. The summed E-state index contributed by atoms with van der Waals surface area (Å²) in [6.45, 7) is 11.7. The Labute approximate surface area is 183 Å². The van der Waals surface area contributed by atoms with Crippen LogP contribution in [0.1, 0.15) is 50.5 Å². The van der Waals surface area contributed by atoms with Gasteiger partial charge in [0.2, 0.25) is 5.91 Å². The average Bonchev–Trinajstić information content (AvgIpc) is 3.50. The smallest absolute Gasteiger partial charge is 0.425 e. The normalized spacial score (nSPS) is 24.4. The Bertz CT molecular complexity index is 888. The van der Waals surface area contributed by atoms with Gasteiger partial charge in [0.1, 0.15) is 5.82 Å². The summed E-state index contributed by atoms with van der Waals surface area (Å²) in [5, 5.41) is 4.37. The van der Waals surface area contributed by atoms with Crippen LogP contribution in [0.5, 0.6) is 0 Å². The second kappa shape index (κ2) is 9.41. The third-order valence-electron chi connectivity index (χ3n) is 6.42. The molecule has 8 heteroatoms. The molecule has 2 bridgehead atoms. The number of carbonyl (C=O) groups is 2. The molecule has 1 heterocycles. The largest absolute Gasteiger partial charge is 0.452 e. The summed E-state index contributed by atoms with van der Waals surface area (Å²) in [5.41, 5.74) is 4.98. The zero-order valence-corrected chi connectivity index (χ0v) is 18.8. The molecule has 2 saturated carbocycles. The van der Waals surface area contributed by atoms with Gasteiger partial charge in [0.25, 0.3) is 0 Å². The highest BCUT2D eigenvalue weighted by atomic mass is 16.5. The van der Waals surface area contributed by atoms with E-state index in [9.17, 15) is 9.59 Å². The van der Waals surface area contributed by atoms with Crippen molar-refractivity contribution in [3.63, 3.8) is 0 Å². The maximum atomic E-state index is 13.5. The Kier molecular flexibility index (Phi) is 6.87. The van der Waals surface area contributed by atoms with Gasteiger partial charge in [-0.1, -0.05) is 19.2 Å². The Morgan fingerprint density at radius 3 is 2.65 bits per heavy atom. The van der Waals surface area contributed by atoms with Gasteiger partial charge >= 0.3 is 6.09 Å². The van der Waals surface area contributed by atoms with Crippen molar-refractivity contribution in [2.75, 3.05) is 14.2 Å². The Morgan fingerprint density at radius 2 is 2.00 bits per heavy atom. The summed E-state index contributed by atoms with van der Waals surface area (Å²) in [6.07, 6.45) is 7.97. The van der Waals surface area contributed by atoms with E-state index in [1.165, 1.54) is 12.1 Å². The Hall–Kier alpha value is -3.03.